The Morgan fingerprint density at radius 2 is 2.37 bits per heavy atom. The summed E-state index contributed by atoms with van der Waals surface area (Å²) in [6.07, 6.45) is 5.63. The molecule has 0 atom stereocenters. The topological polar surface area (TPSA) is 48.4 Å². The van der Waals surface area contributed by atoms with Gasteiger partial charge in [-0.1, -0.05) is 6.08 Å². The van der Waals surface area contributed by atoms with E-state index < -0.39 is 0 Å². The molecule has 2 N–H and O–H groups in total. The van der Waals surface area contributed by atoms with Crippen molar-refractivity contribution in [3.05, 3.63) is 36.3 Å². The molecule has 5 heteroatoms. The SMILES string of the molecule is C=CCN(CCO)c1nccc(CNC2CC2)c1F. The van der Waals surface area contributed by atoms with Crippen molar-refractivity contribution in [3.8, 4) is 0 Å². The van der Waals surface area contributed by atoms with Crippen molar-refractivity contribution in [2.24, 2.45) is 0 Å². The minimum absolute atomic E-state index is 0.0422. The molecular formula is C14H20FN3O. The predicted octanol–water partition coefficient (Wildman–Crippen LogP) is 1.46. The lowest BCUT2D eigenvalue weighted by molar-refractivity contribution is 0.302. The molecule has 104 valence electrons. The van der Waals surface area contributed by atoms with E-state index in [1.165, 1.54) is 12.8 Å². The van der Waals surface area contributed by atoms with Crippen LogP contribution in [0, 0.1) is 5.82 Å². The summed E-state index contributed by atoms with van der Waals surface area (Å²) in [5, 5.41) is 12.3. The summed E-state index contributed by atoms with van der Waals surface area (Å²) in [6, 6.07) is 2.23. The van der Waals surface area contributed by atoms with Gasteiger partial charge in [0.15, 0.2) is 11.6 Å². The van der Waals surface area contributed by atoms with Crippen LogP contribution in [0.5, 0.6) is 0 Å². The molecular weight excluding hydrogens is 245 g/mol. The zero-order valence-corrected chi connectivity index (χ0v) is 11.0. The highest BCUT2D eigenvalue weighted by molar-refractivity contribution is 5.43. The van der Waals surface area contributed by atoms with Crippen molar-refractivity contribution in [1.82, 2.24) is 10.3 Å². The van der Waals surface area contributed by atoms with Crippen LogP contribution >= 0.6 is 0 Å². The fraction of sp³-hybridized carbons (Fsp3) is 0.500. The highest BCUT2D eigenvalue weighted by atomic mass is 19.1. The van der Waals surface area contributed by atoms with Crippen molar-refractivity contribution in [1.29, 1.82) is 0 Å². The molecule has 0 aliphatic heterocycles. The third-order valence-electron chi connectivity index (χ3n) is 3.13. The third-order valence-corrected chi connectivity index (χ3v) is 3.13. The summed E-state index contributed by atoms with van der Waals surface area (Å²) in [5.74, 6) is -0.0324. The molecule has 2 rings (SSSR count). The highest BCUT2D eigenvalue weighted by Crippen LogP contribution is 2.22. The first kappa shape index (κ1) is 14.0. The van der Waals surface area contributed by atoms with Crippen molar-refractivity contribution in [2.75, 3.05) is 24.6 Å². The maximum absolute atomic E-state index is 14.4. The summed E-state index contributed by atoms with van der Waals surface area (Å²) in [4.78, 5) is 5.77. The van der Waals surface area contributed by atoms with Crippen LogP contribution in [0.2, 0.25) is 0 Å². The molecule has 1 aliphatic carbocycles. The molecule has 0 unspecified atom stereocenters. The van der Waals surface area contributed by atoms with E-state index in [4.69, 9.17) is 5.11 Å². The van der Waals surface area contributed by atoms with E-state index in [0.717, 1.165) is 0 Å². The third kappa shape index (κ3) is 3.75. The number of pyridine rings is 1. The summed E-state index contributed by atoms with van der Waals surface area (Å²) in [7, 11) is 0. The Morgan fingerprint density at radius 1 is 1.58 bits per heavy atom. The van der Waals surface area contributed by atoms with Crippen LogP contribution in [0.25, 0.3) is 0 Å². The van der Waals surface area contributed by atoms with Gasteiger partial charge in [0.05, 0.1) is 6.61 Å². The van der Waals surface area contributed by atoms with Crippen LogP contribution in [0.3, 0.4) is 0 Å². The van der Waals surface area contributed by atoms with Gasteiger partial charge in [-0.05, 0) is 18.9 Å². The van der Waals surface area contributed by atoms with E-state index in [1.807, 2.05) is 0 Å². The number of aromatic nitrogens is 1. The number of nitrogens with zero attached hydrogens (tertiary/aromatic N) is 2. The molecule has 1 aromatic heterocycles. The van der Waals surface area contributed by atoms with E-state index >= 15 is 0 Å². The smallest absolute Gasteiger partial charge is 0.170 e. The van der Waals surface area contributed by atoms with Gasteiger partial charge in [-0.3, -0.25) is 0 Å². The first-order chi connectivity index (χ1) is 9.26. The summed E-state index contributed by atoms with van der Waals surface area (Å²) in [5.41, 5.74) is 0.615. The molecule has 19 heavy (non-hydrogen) atoms. The van der Waals surface area contributed by atoms with Crippen LogP contribution in [0.15, 0.2) is 24.9 Å². The Bertz CT molecular complexity index is 435. The Kier molecular flexibility index (Phi) is 4.87. The molecule has 0 radical (unpaired) electrons. The molecule has 1 fully saturated rings. The number of aliphatic hydroxyl groups excluding tert-OH is 1. The first-order valence-electron chi connectivity index (χ1n) is 6.59. The minimum atomic E-state index is -0.314. The van der Waals surface area contributed by atoms with Crippen LogP contribution in [-0.4, -0.2) is 35.8 Å². The second-order valence-corrected chi connectivity index (χ2v) is 4.72. The van der Waals surface area contributed by atoms with Crippen molar-refractivity contribution < 1.29 is 9.50 Å². The Morgan fingerprint density at radius 3 is 3.00 bits per heavy atom. The average Bonchev–Trinajstić information content (AvgIpc) is 3.22. The van der Waals surface area contributed by atoms with Crippen LogP contribution < -0.4 is 10.2 Å². The van der Waals surface area contributed by atoms with Crippen LogP contribution in [0.4, 0.5) is 10.2 Å². The number of hydrogen-bond acceptors (Lipinski definition) is 4. The van der Waals surface area contributed by atoms with E-state index in [9.17, 15) is 4.39 Å². The molecule has 0 spiro atoms. The molecule has 1 aliphatic rings. The second kappa shape index (κ2) is 6.63. The molecule has 0 aromatic carbocycles. The summed E-state index contributed by atoms with van der Waals surface area (Å²) in [6.45, 7) is 4.93. The Hall–Kier alpha value is -1.46. The maximum atomic E-state index is 14.4. The number of rotatable bonds is 8. The molecule has 4 nitrogen and oxygen atoms in total. The predicted molar refractivity (Wildman–Crippen MR) is 73.6 cm³/mol. The quantitative estimate of drug-likeness (QED) is 0.699. The minimum Gasteiger partial charge on any atom is -0.395 e. The molecule has 1 saturated carbocycles. The standard InChI is InChI=1S/C14H20FN3O/c1-2-7-18(8-9-19)14-13(15)11(5-6-16-14)10-17-12-3-4-12/h2,5-6,12,17,19H,1,3-4,7-10H2. The summed E-state index contributed by atoms with van der Waals surface area (Å²) < 4.78 is 14.4. The van der Waals surface area contributed by atoms with Gasteiger partial charge in [0.25, 0.3) is 0 Å². The molecule has 1 heterocycles. The van der Waals surface area contributed by atoms with E-state index in [1.54, 1.807) is 23.2 Å². The van der Waals surface area contributed by atoms with Gasteiger partial charge in [0, 0.05) is 37.4 Å². The lowest BCUT2D eigenvalue weighted by Crippen LogP contribution is -2.29. The Balaban J connectivity index is 2.13. The maximum Gasteiger partial charge on any atom is 0.170 e. The lowest BCUT2D eigenvalue weighted by Gasteiger charge is -2.22. The first-order valence-corrected chi connectivity index (χ1v) is 6.59. The second-order valence-electron chi connectivity index (χ2n) is 4.72. The van der Waals surface area contributed by atoms with Gasteiger partial charge in [0.2, 0.25) is 0 Å². The van der Waals surface area contributed by atoms with Crippen LogP contribution in [0.1, 0.15) is 18.4 Å². The molecule has 0 bridgehead atoms. The van der Waals surface area contributed by atoms with Gasteiger partial charge >= 0.3 is 0 Å². The van der Waals surface area contributed by atoms with Crippen molar-refractivity contribution in [3.63, 3.8) is 0 Å². The van der Waals surface area contributed by atoms with Crippen molar-refractivity contribution in [2.45, 2.75) is 25.4 Å². The van der Waals surface area contributed by atoms with Gasteiger partial charge in [0.1, 0.15) is 0 Å². The van der Waals surface area contributed by atoms with Gasteiger partial charge in [-0.25, -0.2) is 9.37 Å². The van der Waals surface area contributed by atoms with Crippen LogP contribution in [-0.2, 0) is 6.54 Å². The van der Waals surface area contributed by atoms with Gasteiger partial charge in [-0.2, -0.15) is 0 Å². The fourth-order valence-corrected chi connectivity index (χ4v) is 1.93. The largest absolute Gasteiger partial charge is 0.395 e. The average molecular weight is 265 g/mol. The van der Waals surface area contributed by atoms with E-state index in [-0.39, 0.29) is 18.2 Å². The zero-order chi connectivity index (χ0) is 13.7. The zero-order valence-electron chi connectivity index (χ0n) is 11.0. The number of anilines is 1. The number of halogens is 1. The highest BCUT2D eigenvalue weighted by Gasteiger charge is 2.21. The van der Waals surface area contributed by atoms with E-state index in [2.05, 4.69) is 16.9 Å². The van der Waals surface area contributed by atoms with Gasteiger partial charge in [-0.15, -0.1) is 6.58 Å². The lowest BCUT2D eigenvalue weighted by atomic mass is 10.2. The molecule has 0 saturated heterocycles. The number of aliphatic hydroxyl groups is 1. The monoisotopic (exact) mass is 265 g/mol. The van der Waals surface area contributed by atoms with Gasteiger partial charge < -0.3 is 15.3 Å². The normalized spacial score (nSPS) is 14.4. The van der Waals surface area contributed by atoms with Crippen molar-refractivity contribution >= 4 is 5.82 Å². The summed E-state index contributed by atoms with van der Waals surface area (Å²) >= 11 is 0. The molecule has 0 amide bonds. The molecule has 1 aromatic rings. The fourth-order valence-electron chi connectivity index (χ4n) is 1.93. The Labute approximate surface area is 113 Å². The number of nitrogens with one attached hydrogen (secondary N) is 1. The number of hydrogen-bond donors (Lipinski definition) is 2. The van der Waals surface area contributed by atoms with E-state index in [0.29, 0.717) is 31.2 Å².